The molecule has 5 aromatic rings. The van der Waals surface area contributed by atoms with Crippen LogP contribution in [-0.4, -0.2) is 21.2 Å². The molecule has 1 fully saturated rings. The lowest BCUT2D eigenvalue weighted by Gasteiger charge is -2.26. The zero-order valence-corrected chi connectivity index (χ0v) is 23.4. The van der Waals surface area contributed by atoms with Gasteiger partial charge in [0.2, 0.25) is 0 Å². The zero-order chi connectivity index (χ0) is 28.5. The van der Waals surface area contributed by atoms with Crippen LogP contribution in [0.5, 0.6) is 11.5 Å². The number of furan rings is 1. The van der Waals surface area contributed by atoms with Gasteiger partial charge in [-0.15, -0.1) is 0 Å². The summed E-state index contributed by atoms with van der Waals surface area (Å²) in [7, 11) is 0. The smallest absolute Gasteiger partial charge is 0.335 e. The van der Waals surface area contributed by atoms with E-state index in [-0.39, 0.29) is 11.6 Å². The standard InChI is InChI=1S/C32H24ClN3O4S/c1-19-6-2-3-8-26(19)39-22-12-10-21(11-13-22)36-30(29(35-32(36)41)25-7-4-5-17-34-25)28-16-15-27(40-28)23-18-20(31(37)38)9-14-24(23)33/h2-18,29-30H,1H3,(H,35,41)(H,37,38). The van der Waals surface area contributed by atoms with Crippen LogP contribution in [0.1, 0.15) is 39.5 Å². The molecule has 9 heteroatoms. The van der Waals surface area contributed by atoms with Crippen molar-refractivity contribution < 1.29 is 19.1 Å². The molecule has 6 rings (SSSR count). The summed E-state index contributed by atoms with van der Waals surface area (Å²) in [4.78, 5) is 18.1. The van der Waals surface area contributed by atoms with E-state index in [0.717, 1.165) is 22.7 Å². The first-order chi connectivity index (χ1) is 19.9. The Bertz CT molecular complexity index is 1740. The number of thiocarbonyl (C=S) groups is 1. The maximum Gasteiger partial charge on any atom is 0.335 e. The van der Waals surface area contributed by atoms with Gasteiger partial charge in [0.15, 0.2) is 5.11 Å². The van der Waals surface area contributed by atoms with Crippen LogP contribution in [0.3, 0.4) is 0 Å². The molecule has 2 aromatic heterocycles. The van der Waals surface area contributed by atoms with Crippen LogP contribution in [0.2, 0.25) is 5.02 Å². The number of rotatable bonds is 7. The molecule has 2 N–H and O–H groups in total. The lowest BCUT2D eigenvalue weighted by molar-refractivity contribution is 0.0697. The Balaban J connectivity index is 1.37. The van der Waals surface area contributed by atoms with Gasteiger partial charge in [-0.05, 0) is 97.5 Å². The predicted octanol–water partition coefficient (Wildman–Crippen LogP) is 7.97. The Hall–Kier alpha value is -4.66. The summed E-state index contributed by atoms with van der Waals surface area (Å²) in [6.45, 7) is 2.00. The number of hydrogen-bond donors (Lipinski definition) is 2. The van der Waals surface area contributed by atoms with Crippen molar-refractivity contribution in [3.05, 3.63) is 131 Å². The van der Waals surface area contributed by atoms with Gasteiger partial charge in [0.25, 0.3) is 0 Å². The molecule has 2 unspecified atom stereocenters. The van der Waals surface area contributed by atoms with Crippen molar-refractivity contribution >= 4 is 40.6 Å². The number of anilines is 1. The molecule has 0 bridgehead atoms. The molecule has 41 heavy (non-hydrogen) atoms. The Labute approximate surface area is 247 Å². The molecule has 3 aromatic carbocycles. The number of carboxylic acids is 1. The van der Waals surface area contributed by atoms with Crippen molar-refractivity contribution in [2.24, 2.45) is 0 Å². The van der Waals surface area contributed by atoms with Crippen LogP contribution in [-0.2, 0) is 0 Å². The first-order valence-corrected chi connectivity index (χ1v) is 13.6. The van der Waals surface area contributed by atoms with Crippen molar-refractivity contribution in [1.82, 2.24) is 10.3 Å². The van der Waals surface area contributed by atoms with Crippen LogP contribution >= 0.6 is 23.8 Å². The number of carboxylic acid groups (broad SMARTS) is 1. The van der Waals surface area contributed by atoms with E-state index in [9.17, 15) is 9.90 Å². The normalized spacial score (nSPS) is 16.4. The number of nitrogens with zero attached hydrogens (tertiary/aromatic N) is 2. The van der Waals surface area contributed by atoms with Crippen LogP contribution in [0.4, 0.5) is 5.69 Å². The highest BCUT2D eigenvalue weighted by Gasteiger charge is 2.42. The number of pyridine rings is 1. The number of aromatic carboxylic acids is 1. The van der Waals surface area contributed by atoms with E-state index in [4.69, 9.17) is 33.0 Å². The minimum absolute atomic E-state index is 0.118. The Morgan fingerprint density at radius 2 is 1.80 bits per heavy atom. The van der Waals surface area contributed by atoms with E-state index in [0.29, 0.717) is 33.0 Å². The van der Waals surface area contributed by atoms with Crippen molar-refractivity contribution in [2.75, 3.05) is 4.90 Å². The number of carbonyl (C=O) groups is 1. The van der Waals surface area contributed by atoms with Gasteiger partial charge in [0.1, 0.15) is 29.1 Å². The third-order valence-electron chi connectivity index (χ3n) is 6.93. The highest BCUT2D eigenvalue weighted by molar-refractivity contribution is 7.80. The molecular formula is C32H24ClN3O4S. The Kier molecular flexibility index (Phi) is 7.17. The van der Waals surface area contributed by atoms with E-state index in [1.165, 1.54) is 12.1 Å². The molecule has 0 saturated carbocycles. The third kappa shape index (κ3) is 5.27. The van der Waals surface area contributed by atoms with Crippen molar-refractivity contribution in [3.8, 4) is 22.8 Å². The predicted molar refractivity (Wildman–Crippen MR) is 162 cm³/mol. The zero-order valence-electron chi connectivity index (χ0n) is 21.8. The molecule has 7 nitrogen and oxygen atoms in total. The number of aryl methyl sites for hydroxylation is 1. The summed E-state index contributed by atoms with van der Waals surface area (Å²) in [6, 6.07) is 28.7. The van der Waals surface area contributed by atoms with E-state index >= 15 is 0 Å². The number of benzene rings is 3. The summed E-state index contributed by atoms with van der Waals surface area (Å²) < 4.78 is 12.5. The van der Waals surface area contributed by atoms with Gasteiger partial charge in [-0.2, -0.15) is 0 Å². The molecule has 0 radical (unpaired) electrons. The van der Waals surface area contributed by atoms with Crippen LogP contribution in [0.25, 0.3) is 11.3 Å². The summed E-state index contributed by atoms with van der Waals surface area (Å²) in [5, 5.41) is 13.8. The fourth-order valence-corrected chi connectivity index (χ4v) is 5.45. The van der Waals surface area contributed by atoms with Gasteiger partial charge < -0.3 is 24.5 Å². The van der Waals surface area contributed by atoms with Gasteiger partial charge in [-0.25, -0.2) is 4.79 Å². The number of ether oxygens (including phenoxy) is 1. The molecule has 2 atom stereocenters. The second kappa shape index (κ2) is 11.1. The summed E-state index contributed by atoms with van der Waals surface area (Å²) in [5.74, 6) is 1.51. The minimum Gasteiger partial charge on any atom is -0.478 e. The van der Waals surface area contributed by atoms with E-state index in [1.54, 1.807) is 18.3 Å². The molecule has 0 spiro atoms. The summed E-state index contributed by atoms with van der Waals surface area (Å²) in [6.07, 6.45) is 1.74. The second-order valence-corrected chi connectivity index (χ2v) is 10.4. The maximum absolute atomic E-state index is 11.6. The molecule has 3 heterocycles. The van der Waals surface area contributed by atoms with Gasteiger partial charge >= 0.3 is 5.97 Å². The number of para-hydroxylation sites is 1. The van der Waals surface area contributed by atoms with Crippen molar-refractivity contribution in [3.63, 3.8) is 0 Å². The molecule has 1 aliphatic heterocycles. The average Bonchev–Trinajstić information content (AvgIpc) is 3.60. The maximum atomic E-state index is 11.6. The van der Waals surface area contributed by atoms with Crippen LogP contribution in [0.15, 0.2) is 108 Å². The van der Waals surface area contributed by atoms with Gasteiger partial charge in [-0.1, -0.05) is 35.9 Å². The lowest BCUT2D eigenvalue weighted by atomic mass is 10.0. The lowest BCUT2D eigenvalue weighted by Crippen LogP contribution is -2.29. The second-order valence-electron chi connectivity index (χ2n) is 9.56. The molecule has 204 valence electrons. The number of nitrogens with one attached hydrogen (secondary N) is 1. The summed E-state index contributed by atoms with van der Waals surface area (Å²) >= 11 is 12.3. The molecule has 1 aliphatic rings. The fraction of sp³-hybridized carbons (Fsp3) is 0.0938. The third-order valence-corrected chi connectivity index (χ3v) is 7.58. The minimum atomic E-state index is -1.05. The average molecular weight is 582 g/mol. The van der Waals surface area contributed by atoms with Gasteiger partial charge in [0, 0.05) is 17.4 Å². The van der Waals surface area contributed by atoms with Gasteiger partial charge in [-0.3, -0.25) is 4.98 Å². The van der Waals surface area contributed by atoms with Crippen LogP contribution in [0, 0.1) is 6.92 Å². The van der Waals surface area contributed by atoms with Crippen molar-refractivity contribution in [2.45, 2.75) is 19.0 Å². The monoisotopic (exact) mass is 581 g/mol. The number of hydrogen-bond acceptors (Lipinski definition) is 5. The van der Waals surface area contributed by atoms with E-state index in [2.05, 4.69) is 10.3 Å². The fourth-order valence-electron chi connectivity index (χ4n) is 4.90. The number of aromatic nitrogens is 1. The molecule has 0 aliphatic carbocycles. The highest BCUT2D eigenvalue weighted by atomic mass is 35.5. The topological polar surface area (TPSA) is 87.8 Å². The molecular weight excluding hydrogens is 558 g/mol. The highest BCUT2D eigenvalue weighted by Crippen LogP contribution is 2.44. The van der Waals surface area contributed by atoms with Crippen LogP contribution < -0.4 is 15.0 Å². The largest absolute Gasteiger partial charge is 0.478 e. The quantitative estimate of drug-likeness (QED) is 0.187. The first kappa shape index (κ1) is 26.6. The van der Waals surface area contributed by atoms with Crippen molar-refractivity contribution in [1.29, 1.82) is 0 Å². The Morgan fingerprint density at radius 3 is 2.54 bits per heavy atom. The summed E-state index contributed by atoms with van der Waals surface area (Å²) in [5.41, 5.74) is 3.29. The molecule has 0 amide bonds. The number of halogens is 1. The van der Waals surface area contributed by atoms with E-state index < -0.39 is 12.0 Å². The Morgan fingerprint density at radius 1 is 1.02 bits per heavy atom. The van der Waals surface area contributed by atoms with E-state index in [1.807, 2.05) is 84.6 Å². The first-order valence-electron chi connectivity index (χ1n) is 12.9. The SMILES string of the molecule is Cc1ccccc1Oc1ccc(N2C(=S)NC(c3ccccn3)C2c2ccc(-c3cc(C(=O)O)ccc3Cl)o2)cc1. The molecule has 1 saturated heterocycles. The van der Waals surface area contributed by atoms with Gasteiger partial charge in [0.05, 0.1) is 22.3 Å².